The zero-order valence-corrected chi connectivity index (χ0v) is 14.3. The number of amides is 1. The fourth-order valence-electron chi connectivity index (χ4n) is 2.63. The van der Waals surface area contributed by atoms with Crippen molar-refractivity contribution < 1.29 is 18.0 Å². The maximum Gasteiger partial charge on any atom is 0.417 e. The molecule has 25 heavy (non-hydrogen) atoms. The van der Waals surface area contributed by atoms with Gasteiger partial charge in [-0.15, -0.1) is 0 Å². The van der Waals surface area contributed by atoms with E-state index < -0.39 is 22.7 Å². The quantitative estimate of drug-likeness (QED) is 0.625. The van der Waals surface area contributed by atoms with E-state index in [2.05, 4.69) is 5.32 Å². The highest BCUT2D eigenvalue weighted by molar-refractivity contribution is 6.31. The van der Waals surface area contributed by atoms with Crippen molar-refractivity contribution >= 4 is 23.2 Å². The van der Waals surface area contributed by atoms with Crippen LogP contribution in [0.1, 0.15) is 31.7 Å². The smallest absolute Gasteiger partial charge is 0.373 e. The summed E-state index contributed by atoms with van der Waals surface area (Å²) < 4.78 is 38.6. The van der Waals surface area contributed by atoms with Crippen molar-refractivity contribution in [3.05, 3.63) is 40.6 Å². The first-order valence-corrected chi connectivity index (χ1v) is 8.16. The fourth-order valence-corrected chi connectivity index (χ4v) is 2.86. The molecule has 0 spiro atoms. The number of carbonyl (C=O) groups is 1. The van der Waals surface area contributed by atoms with Gasteiger partial charge in [0, 0.05) is 24.5 Å². The molecule has 0 aliphatic carbocycles. The highest BCUT2D eigenvalue weighted by Crippen LogP contribution is 2.36. The van der Waals surface area contributed by atoms with Crippen LogP contribution in [0.15, 0.2) is 30.0 Å². The molecular weight excluding hydrogens is 355 g/mol. The summed E-state index contributed by atoms with van der Waals surface area (Å²) >= 11 is 5.55. The van der Waals surface area contributed by atoms with Crippen LogP contribution in [-0.4, -0.2) is 23.4 Å². The number of nitriles is 1. The Morgan fingerprint density at radius 3 is 2.76 bits per heavy atom. The van der Waals surface area contributed by atoms with Crippen LogP contribution < -0.4 is 5.32 Å². The molecule has 1 heterocycles. The lowest BCUT2D eigenvalue weighted by Crippen LogP contribution is -2.34. The maximum atomic E-state index is 12.9. The van der Waals surface area contributed by atoms with Gasteiger partial charge in [0.1, 0.15) is 11.6 Å². The van der Waals surface area contributed by atoms with Gasteiger partial charge in [-0.25, -0.2) is 0 Å². The Hall–Kier alpha value is -2.20. The van der Waals surface area contributed by atoms with E-state index >= 15 is 0 Å². The molecule has 1 N–H and O–H groups in total. The molecular formula is C17H17ClF3N3O. The molecule has 8 heteroatoms. The van der Waals surface area contributed by atoms with E-state index in [0.29, 0.717) is 0 Å². The summed E-state index contributed by atoms with van der Waals surface area (Å²) in [5.74, 6) is -0.754. The molecule has 1 amide bonds. The minimum atomic E-state index is -4.63. The number of carbonyl (C=O) groups excluding carboxylic acids is 1. The van der Waals surface area contributed by atoms with Gasteiger partial charge in [0.15, 0.2) is 0 Å². The van der Waals surface area contributed by atoms with Crippen LogP contribution in [0.3, 0.4) is 0 Å². The number of piperidine rings is 1. The lowest BCUT2D eigenvalue weighted by atomic mass is 10.0. The van der Waals surface area contributed by atoms with Crippen LogP contribution in [0.4, 0.5) is 18.9 Å². The molecule has 1 fully saturated rings. The van der Waals surface area contributed by atoms with Crippen LogP contribution in [0.5, 0.6) is 0 Å². The number of likely N-dealkylation sites (tertiary alicyclic amines) is 1. The summed E-state index contributed by atoms with van der Waals surface area (Å²) in [7, 11) is 0. The summed E-state index contributed by atoms with van der Waals surface area (Å²) in [5, 5.41) is 11.1. The number of nitrogens with zero attached hydrogens (tertiary/aromatic N) is 2. The molecule has 0 radical (unpaired) electrons. The molecule has 0 saturated carbocycles. The number of benzene rings is 1. The van der Waals surface area contributed by atoms with Gasteiger partial charge >= 0.3 is 6.18 Å². The molecule has 1 saturated heterocycles. The SMILES string of the molecule is CC1CCCCN1/C=C(/C#N)C(=O)Nc1ccc(Cl)c(C(F)(F)F)c1. The lowest BCUT2D eigenvalue weighted by Gasteiger charge is -2.32. The Kier molecular flexibility index (Phi) is 5.96. The summed E-state index contributed by atoms with van der Waals surface area (Å²) in [4.78, 5) is 14.1. The summed E-state index contributed by atoms with van der Waals surface area (Å²) in [6, 6.07) is 5.08. The van der Waals surface area contributed by atoms with E-state index in [1.54, 1.807) is 6.07 Å². The predicted octanol–water partition coefficient (Wildman–Crippen LogP) is 4.58. The molecule has 4 nitrogen and oxygen atoms in total. The van der Waals surface area contributed by atoms with Crippen molar-refractivity contribution in [2.45, 2.75) is 38.4 Å². The van der Waals surface area contributed by atoms with Crippen LogP contribution in [0.2, 0.25) is 5.02 Å². The molecule has 1 atom stereocenters. The van der Waals surface area contributed by atoms with Gasteiger partial charge in [0.25, 0.3) is 5.91 Å². The minimum Gasteiger partial charge on any atom is -0.373 e. The molecule has 0 bridgehead atoms. The Balaban J connectivity index is 2.19. The molecule has 1 aliphatic heterocycles. The summed E-state index contributed by atoms with van der Waals surface area (Å²) in [5.41, 5.74) is -1.27. The van der Waals surface area contributed by atoms with Crippen LogP contribution in [0, 0.1) is 11.3 Å². The zero-order valence-electron chi connectivity index (χ0n) is 13.5. The average molecular weight is 372 g/mol. The van der Waals surface area contributed by atoms with E-state index in [0.717, 1.165) is 37.9 Å². The van der Waals surface area contributed by atoms with E-state index in [4.69, 9.17) is 11.6 Å². The standard InChI is InChI=1S/C17H17ClF3N3O/c1-11-4-2-3-7-24(11)10-12(9-22)16(25)23-13-5-6-15(18)14(8-13)17(19,20)21/h5-6,8,10-11H,2-4,7H2,1H3,(H,23,25)/b12-10-. The van der Waals surface area contributed by atoms with E-state index in [1.807, 2.05) is 11.8 Å². The minimum absolute atomic E-state index is 0.0745. The third kappa shape index (κ3) is 4.89. The van der Waals surface area contributed by atoms with Gasteiger partial charge in [0.05, 0.1) is 10.6 Å². The zero-order chi connectivity index (χ0) is 18.6. The highest BCUT2D eigenvalue weighted by atomic mass is 35.5. The van der Waals surface area contributed by atoms with Crippen molar-refractivity contribution in [1.29, 1.82) is 5.26 Å². The molecule has 0 aromatic heterocycles. The summed E-state index contributed by atoms with van der Waals surface area (Å²) in [6.07, 6.45) is -0.143. The van der Waals surface area contributed by atoms with Crippen molar-refractivity contribution in [1.82, 2.24) is 4.90 Å². The number of rotatable bonds is 3. The Labute approximate surface area is 148 Å². The molecule has 2 rings (SSSR count). The van der Waals surface area contributed by atoms with Crippen molar-refractivity contribution in [2.24, 2.45) is 0 Å². The number of hydrogen-bond donors (Lipinski definition) is 1. The molecule has 1 unspecified atom stereocenters. The Morgan fingerprint density at radius 1 is 1.44 bits per heavy atom. The second kappa shape index (κ2) is 7.79. The monoisotopic (exact) mass is 371 g/mol. The highest BCUT2D eigenvalue weighted by Gasteiger charge is 2.33. The molecule has 1 aromatic rings. The van der Waals surface area contributed by atoms with Crippen molar-refractivity contribution in [2.75, 3.05) is 11.9 Å². The van der Waals surface area contributed by atoms with E-state index in [-0.39, 0.29) is 17.3 Å². The third-order valence-corrected chi connectivity index (χ3v) is 4.37. The Morgan fingerprint density at radius 2 is 2.16 bits per heavy atom. The number of hydrogen-bond acceptors (Lipinski definition) is 3. The predicted molar refractivity (Wildman–Crippen MR) is 88.8 cm³/mol. The first-order chi connectivity index (χ1) is 11.7. The van der Waals surface area contributed by atoms with Gasteiger partial charge in [-0.2, -0.15) is 18.4 Å². The molecule has 1 aromatic carbocycles. The van der Waals surface area contributed by atoms with Crippen molar-refractivity contribution in [3.8, 4) is 6.07 Å². The summed E-state index contributed by atoms with van der Waals surface area (Å²) in [6.45, 7) is 2.73. The molecule has 134 valence electrons. The van der Waals surface area contributed by atoms with Crippen LogP contribution in [-0.2, 0) is 11.0 Å². The lowest BCUT2D eigenvalue weighted by molar-refractivity contribution is -0.137. The van der Waals surface area contributed by atoms with Gasteiger partial charge in [-0.1, -0.05) is 11.6 Å². The van der Waals surface area contributed by atoms with Gasteiger partial charge < -0.3 is 10.2 Å². The normalized spacial score (nSPS) is 18.6. The fraction of sp³-hybridized carbons (Fsp3) is 0.412. The maximum absolute atomic E-state index is 12.9. The molecule has 1 aliphatic rings. The van der Waals surface area contributed by atoms with Gasteiger partial charge in [0.2, 0.25) is 0 Å². The van der Waals surface area contributed by atoms with Crippen LogP contribution >= 0.6 is 11.6 Å². The van der Waals surface area contributed by atoms with E-state index in [1.165, 1.54) is 12.3 Å². The topological polar surface area (TPSA) is 56.1 Å². The first kappa shape index (κ1) is 19.1. The average Bonchev–Trinajstić information content (AvgIpc) is 2.54. The second-order valence-corrected chi connectivity index (χ2v) is 6.29. The Bertz CT molecular complexity index is 725. The van der Waals surface area contributed by atoms with Crippen LogP contribution in [0.25, 0.3) is 0 Å². The largest absolute Gasteiger partial charge is 0.417 e. The number of nitrogens with one attached hydrogen (secondary N) is 1. The first-order valence-electron chi connectivity index (χ1n) is 7.78. The number of anilines is 1. The van der Waals surface area contributed by atoms with E-state index in [9.17, 15) is 23.2 Å². The van der Waals surface area contributed by atoms with Crippen molar-refractivity contribution in [3.63, 3.8) is 0 Å². The van der Waals surface area contributed by atoms with Gasteiger partial charge in [-0.05, 0) is 44.4 Å². The number of halogens is 4. The second-order valence-electron chi connectivity index (χ2n) is 5.88. The number of alkyl halides is 3. The van der Waals surface area contributed by atoms with Gasteiger partial charge in [-0.3, -0.25) is 4.79 Å². The third-order valence-electron chi connectivity index (χ3n) is 4.04.